The molecule has 0 aliphatic carbocycles. The lowest BCUT2D eigenvalue weighted by atomic mass is 10.2. The molecule has 1 aliphatic rings. The molecule has 0 spiro atoms. The number of thioether (sulfide) groups is 1. The predicted molar refractivity (Wildman–Crippen MR) is 81.4 cm³/mol. The van der Waals surface area contributed by atoms with Crippen molar-refractivity contribution in [3.63, 3.8) is 0 Å². The number of likely N-dealkylation sites (N-methyl/N-ethyl adjacent to an activating group) is 1. The van der Waals surface area contributed by atoms with E-state index in [1.165, 1.54) is 11.1 Å². The summed E-state index contributed by atoms with van der Waals surface area (Å²) in [6.45, 7) is 4.06. The number of carbonyl (C=O) groups is 1. The minimum atomic E-state index is 0.242. The molecule has 4 heteroatoms. The van der Waals surface area contributed by atoms with E-state index in [4.69, 9.17) is 0 Å². The van der Waals surface area contributed by atoms with Crippen LogP contribution < -0.4 is 5.32 Å². The Morgan fingerprint density at radius 1 is 1.53 bits per heavy atom. The third kappa shape index (κ3) is 4.25. The van der Waals surface area contributed by atoms with Gasteiger partial charge < -0.3 is 10.2 Å². The lowest BCUT2D eigenvalue weighted by Crippen LogP contribution is -2.39. The second-order valence-corrected chi connectivity index (χ2v) is 6.12. The number of aryl methyl sites for hydroxylation is 1. The molecule has 0 aromatic heterocycles. The van der Waals surface area contributed by atoms with Crippen LogP contribution >= 0.6 is 11.8 Å². The van der Waals surface area contributed by atoms with E-state index in [-0.39, 0.29) is 5.91 Å². The van der Waals surface area contributed by atoms with Crippen LogP contribution in [-0.2, 0) is 10.5 Å². The summed E-state index contributed by atoms with van der Waals surface area (Å²) < 4.78 is 0. The largest absolute Gasteiger partial charge is 0.341 e. The van der Waals surface area contributed by atoms with E-state index in [1.807, 2.05) is 11.9 Å². The first kappa shape index (κ1) is 14.4. The standard InChI is InChI=1S/C15H22N2OS/c1-12-4-3-5-13(8-12)10-19-11-15(18)17(2)14-6-7-16-9-14/h3-5,8,14,16H,6-7,9-11H2,1-2H3. The zero-order valence-electron chi connectivity index (χ0n) is 11.7. The molecule has 0 saturated carbocycles. The van der Waals surface area contributed by atoms with Crippen molar-refractivity contribution < 1.29 is 4.79 Å². The van der Waals surface area contributed by atoms with Gasteiger partial charge in [0.2, 0.25) is 5.91 Å². The summed E-state index contributed by atoms with van der Waals surface area (Å²) in [5.74, 6) is 1.72. The maximum atomic E-state index is 12.1. The molecule has 1 amide bonds. The van der Waals surface area contributed by atoms with Gasteiger partial charge in [-0.15, -0.1) is 11.8 Å². The average Bonchev–Trinajstić information content (AvgIpc) is 2.91. The summed E-state index contributed by atoms with van der Waals surface area (Å²) in [5, 5.41) is 3.30. The van der Waals surface area contributed by atoms with Gasteiger partial charge in [0.1, 0.15) is 0 Å². The van der Waals surface area contributed by atoms with Crippen molar-refractivity contribution in [2.45, 2.75) is 25.1 Å². The molecule has 1 aromatic rings. The highest BCUT2D eigenvalue weighted by atomic mass is 32.2. The van der Waals surface area contributed by atoms with Crippen LogP contribution in [0, 0.1) is 6.92 Å². The van der Waals surface area contributed by atoms with Crippen LogP contribution in [0.25, 0.3) is 0 Å². The van der Waals surface area contributed by atoms with Crippen LogP contribution in [0.2, 0.25) is 0 Å². The number of amides is 1. The van der Waals surface area contributed by atoms with Gasteiger partial charge in [-0.2, -0.15) is 0 Å². The third-order valence-electron chi connectivity index (χ3n) is 3.55. The molecule has 0 radical (unpaired) electrons. The molecule has 19 heavy (non-hydrogen) atoms. The van der Waals surface area contributed by atoms with Crippen LogP contribution in [0.5, 0.6) is 0 Å². The fraction of sp³-hybridized carbons (Fsp3) is 0.533. The zero-order valence-corrected chi connectivity index (χ0v) is 12.5. The second kappa shape index (κ2) is 6.96. The Kier molecular flexibility index (Phi) is 5.28. The van der Waals surface area contributed by atoms with E-state index >= 15 is 0 Å². The van der Waals surface area contributed by atoms with Crippen LogP contribution in [0.3, 0.4) is 0 Å². The number of hydrogen-bond acceptors (Lipinski definition) is 3. The van der Waals surface area contributed by atoms with E-state index < -0.39 is 0 Å². The molecule has 1 fully saturated rings. The molecule has 1 aliphatic heterocycles. The Hall–Kier alpha value is -1.00. The summed E-state index contributed by atoms with van der Waals surface area (Å²) in [6.07, 6.45) is 1.07. The molecule has 1 saturated heterocycles. The summed E-state index contributed by atoms with van der Waals surface area (Å²) >= 11 is 1.70. The first-order chi connectivity index (χ1) is 9.16. The maximum Gasteiger partial charge on any atom is 0.232 e. The zero-order chi connectivity index (χ0) is 13.7. The molecule has 1 unspecified atom stereocenters. The van der Waals surface area contributed by atoms with Gasteiger partial charge in [0.25, 0.3) is 0 Å². The van der Waals surface area contributed by atoms with Crippen LogP contribution in [0.15, 0.2) is 24.3 Å². The minimum Gasteiger partial charge on any atom is -0.341 e. The molecule has 104 valence electrons. The van der Waals surface area contributed by atoms with Crippen molar-refractivity contribution in [2.24, 2.45) is 0 Å². The molecule has 0 bridgehead atoms. The smallest absolute Gasteiger partial charge is 0.232 e. The Morgan fingerprint density at radius 3 is 3.05 bits per heavy atom. The second-order valence-electron chi connectivity index (χ2n) is 5.13. The van der Waals surface area contributed by atoms with Gasteiger partial charge in [-0.25, -0.2) is 0 Å². The van der Waals surface area contributed by atoms with Crippen molar-refractivity contribution >= 4 is 17.7 Å². The lowest BCUT2D eigenvalue weighted by Gasteiger charge is -2.23. The number of benzene rings is 1. The van der Waals surface area contributed by atoms with Crippen molar-refractivity contribution in [1.82, 2.24) is 10.2 Å². The first-order valence-corrected chi connectivity index (χ1v) is 7.92. The van der Waals surface area contributed by atoms with Gasteiger partial charge in [-0.3, -0.25) is 4.79 Å². The van der Waals surface area contributed by atoms with Gasteiger partial charge in [0.15, 0.2) is 0 Å². The Balaban J connectivity index is 1.74. The van der Waals surface area contributed by atoms with E-state index in [0.29, 0.717) is 11.8 Å². The minimum absolute atomic E-state index is 0.242. The van der Waals surface area contributed by atoms with Crippen molar-refractivity contribution in [2.75, 3.05) is 25.9 Å². The number of carbonyl (C=O) groups excluding carboxylic acids is 1. The van der Waals surface area contributed by atoms with E-state index in [2.05, 4.69) is 36.5 Å². The molecular weight excluding hydrogens is 256 g/mol. The quantitative estimate of drug-likeness (QED) is 0.894. The molecule has 1 heterocycles. The molecule has 2 rings (SSSR count). The number of nitrogens with zero attached hydrogens (tertiary/aromatic N) is 1. The Labute approximate surface area is 119 Å². The van der Waals surface area contributed by atoms with E-state index in [1.54, 1.807) is 11.8 Å². The third-order valence-corrected chi connectivity index (χ3v) is 4.54. The molecule has 1 N–H and O–H groups in total. The van der Waals surface area contributed by atoms with Gasteiger partial charge in [0.05, 0.1) is 5.75 Å². The monoisotopic (exact) mass is 278 g/mol. The highest BCUT2D eigenvalue weighted by Gasteiger charge is 2.22. The van der Waals surface area contributed by atoms with Gasteiger partial charge in [0, 0.05) is 25.4 Å². The van der Waals surface area contributed by atoms with Crippen LogP contribution in [-0.4, -0.2) is 42.7 Å². The number of hydrogen-bond donors (Lipinski definition) is 1. The number of rotatable bonds is 5. The summed E-state index contributed by atoms with van der Waals surface area (Å²) in [7, 11) is 1.92. The maximum absolute atomic E-state index is 12.1. The van der Waals surface area contributed by atoms with Crippen LogP contribution in [0.4, 0.5) is 0 Å². The summed E-state index contributed by atoms with van der Waals surface area (Å²) in [5.41, 5.74) is 2.57. The fourth-order valence-electron chi connectivity index (χ4n) is 2.33. The Morgan fingerprint density at radius 2 is 2.37 bits per heavy atom. The van der Waals surface area contributed by atoms with Gasteiger partial charge >= 0.3 is 0 Å². The topological polar surface area (TPSA) is 32.3 Å². The molecular formula is C15H22N2OS. The van der Waals surface area contributed by atoms with Crippen molar-refractivity contribution in [1.29, 1.82) is 0 Å². The summed E-state index contributed by atoms with van der Waals surface area (Å²) in [4.78, 5) is 14.0. The SMILES string of the molecule is Cc1cccc(CSCC(=O)N(C)C2CCNC2)c1. The average molecular weight is 278 g/mol. The van der Waals surface area contributed by atoms with Crippen molar-refractivity contribution in [3.05, 3.63) is 35.4 Å². The van der Waals surface area contributed by atoms with Crippen LogP contribution in [0.1, 0.15) is 17.5 Å². The van der Waals surface area contributed by atoms with Gasteiger partial charge in [-0.1, -0.05) is 29.8 Å². The molecule has 1 atom stereocenters. The lowest BCUT2D eigenvalue weighted by molar-refractivity contribution is -0.128. The van der Waals surface area contributed by atoms with E-state index in [0.717, 1.165) is 25.3 Å². The summed E-state index contributed by atoms with van der Waals surface area (Å²) in [6, 6.07) is 8.85. The normalized spacial score (nSPS) is 18.5. The van der Waals surface area contributed by atoms with Crippen molar-refractivity contribution in [3.8, 4) is 0 Å². The number of nitrogens with one attached hydrogen (secondary N) is 1. The highest BCUT2D eigenvalue weighted by molar-refractivity contribution is 7.99. The Bertz CT molecular complexity index is 430. The molecule has 1 aromatic carbocycles. The molecule has 3 nitrogen and oxygen atoms in total. The first-order valence-electron chi connectivity index (χ1n) is 6.76. The van der Waals surface area contributed by atoms with Gasteiger partial charge in [-0.05, 0) is 25.5 Å². The fourth-order valence-corrected chi connectivity index (χ4v) is 3.23. The van der Waals surface area contributed by atoms with E-state index in [9.17, 15) is 4.79 Å². The predicted octanol–water partition coefficient (Wildman–Crippen LogP) is 2.05. The highest BCUT2D eigenvalue weighted by Crippen LogP contribution is 2.15.